The van der Waals surface area contributed by atoms with Crippen LogP contribution in [-0.4, -0.2) is 16.9 Å². The van der Waals surface area contributed by atoms with Gasteiger partial charge in [0.25, 0.3) is 5.91 Å². The quantitative estimate of drug-likeness (QED) is 0.486. The van der Waals surface area contributed by atoms with Crippen LogP contribution in [0.2, 0.25) is 0 Å². The van der Waals surface area contributed by atoms with Crippen molar-refractivity contribution in [3.63, 3.8) is 0 Å². The van der Waals surface area contributed by atoms with Gasteiger partial charge in [0, 0.05) is 17.3 Å². The number of hydrogen-bond donors (Lipinski definition) is 1. The summed E-state index contributed by atoms with van der Waals surface area (Å²) in [5, 5.41) is 14.1. The summed E-state index contributed by atoms with van der Waals surface area (Å²) in [5.41, 5.74) is 3.08. The number of carbonyl (C=O) groups excluding carboxylic acids is 1. The number of nitro benzene ring substituents is 1. The number of hydrogen-bond acceptors (Lipinski definition) is 4. The molecule has 0 saturated carbocycles. The molecule has 142 valence electrons. The van der Waals surface area contributed by atoms with Gasteiger partial charge in [0.1, 0.15) is 0 Å². The molecule has 0 saturated heterocycles. The summed E-state index contributed by atoms with van der Waals surface area (Å²) in [4.78, 5) is 23.4. The predicted molar refractivity (Wildman–Crippen MR) is 108 cm³/mol. The molecule has 0 spiro atoms. The number of ether oxygens (including phenoxy) is 1. The maximum atomic E-state index is 12.6. The van der Waals surface area contributed by atoms with E-state index >= 15 is 0 Å². The highest BCUT2D eigenvalue weighted by atomic mass is 16.6. The number of nitrogens with one attached hydrogen (secondary N) is 1. The Kier molecular flexibility index (Phi) is 5.69. The Balaban J connectivity index is 1.79. The van der Waals surface area contributed by atoms with E-state index in [9.17, 15) is 14.9 Å². The highest BCUT2D eigenvalue weighted by Crippen LogP contribution is 2.30. The number of benzene rings is 3. The molecule has 1 amide bonds. The lowest BCUT2D eigenvalue weighted by molar-refractivity contribution is -0.386. The Labute approximate surface area is 162 Å². The molecule has 0 aromatic heterocycles. The highest BCUT2D eigenvalue weighted by Gasteiger charge is 2.22. The number of anilines is 1. The fourth-order valence-corrected chi connectivity index (χ4v) is 2.81. The molecule has 3 rings (SSSR count). The standard InChI is InChI=1S/C22H20N2O4/c1-15-12-13-21(20(14-15)24(26)27)28-16(2)22(25)23-19-11-7-6-10-18(19)17-8-4-3-5-9-17/h3-14,16H,1-2H3,(H,23,25)/t16-/m1/s1. The van der Waals surface area contributed by atoms with E-state index in [-0.39, 0.29) is 11.4 Å². The summed E-state index contributed by atoms with van der Waals surface area (Å²) in [5.74, 6) is -0.326. The molecule has 3 aromatic rings. The molecule has 0 bridgehead atoms. The molecule has 0 aliphatic heterocycles. The van der Waals surface area contributed by atoms with E-state index in [0.29, 0.717) is 5.69 Å². The van der Waals surface area contributed by atoms with E-state index in [0.717, 1.165) is 16.7 Å². The van der Waals surface area contributed by atoms with Crippen LogP contribution in [0, 0.1) is 17.0 Å². The molecule has 0 aliphatic rings. The van der Waals surface area contributed by atoms with Crippen LogP contribution in [0.4, 0.5) is 11.4 Å². The minimum absolute atomic E-state index is 0.0644. The average Bonchev–Trinajstić information content (AvgIpc) is 2.70. The topological polar surface area (TPSA) is 81.5 Å². The van der Waals surface area contributed by atoms with E-state index in [1.165, 1.54) is 12.1 Å². The second-order valence-corrected chi connectivity index (χ2v) is 6.39. The first kappa shape index (κ1) is 19.1. The van der Waals surface area contributed by atoms with Gasteiger partial charge in [-0.3, -0.25) is 14.9 Å². The molecule has 0 fully saturated rings. The molecule has 28 heavy (non-hydrogen) atoms. The normalized spacial score (nSPS) is 11.5. The summed E-state index contributed by atoms with van der Waals surface area (Å²) in [7, 11) is 0. The van der Waals surface area contributed by atoms with Crippen molar-refractivity contribution in [2.45, 2.75) is 20.0 Å². The van der Waals surface area contributed by atoms with Crippen molar-refractivity contribution in [3.05, 3.63) is 88.5 Å². The molecule has 0 unspecified atom stereocenters. The Bertz CT molecular complexity index is 1000. The molecule has 0 aliphatic carbocycles. The summed E-state index contributed by atoms with van der Waals surface area (Å²) in [6.07, 6.45) is -0.912. The first-order valence-corrected chi connectivity index (χ1v) is 8.82. The first-order valence-electron chi connectivity index (χ1n) is 8.82. The Morgan fingerprint density at radius 2 is 1.71 bits per heavy atom. The van der Waals surface area contributed by atoms with E-state index in [2.05, 4.69) is 5.32 Å². The molecule has 0 heterocycles. The van der Waals surface area contributed by atoms with Crippen molar-refractivity contribution in [1.29, 1.82) is 0 Å². The van der Waals surface area contributed by atoms with E-state index in [4.69, 9.17) is 4.74 Å². The maximum Gasteiger partial charge on any atom is 0.311 e. The summed E-state index contributed by atoms with van der Waals surface area (Å²) in [6, 6.07) is 21.8. The first-order chi connectivity index (χ1) is 13.5. The monoisotopic (exact) mass is 376 g/mol. The number of nitro groups is 1. The predicted octanol–water partition coefficient (Wildman–Crippen LogP) is 4.98. The molecular weight excluding hydrogens is 356 g/mol. The van der Waals surface area contributed by atoms with Gasteiger partial charge in [-0.2, -0.15) is 0 Å². The molecule has 1 atom stereocenters. The smallest absolute Gasteiger partial charge is 0.311 e. The second-order valence-electron chi connectivity index (χ2n) is 6.39. The van der Waals surface area contributed by atoms with Gasteiger partial charge in [-0.05, 0) is 37.1 Å². The SMILES string of the molecule is Cc1ccc(O[C@H](C)C(=O)Nc2ccccc2-c2ccccc2)c([N+](=O)[O-])c1. The molecular formula is C22H20N2O4. The van der Waals surface area contributed by atoms with E-state index < -0.39 is 16.9 Å². The van der Waals surface area contributed by atoms with Crippen LogP contribution < -0.4 is 10.1 Å². The van der Waals surface area contributed by atoms with Gasteiger partial charge in [0.15, 0.2) is 11.9 Å². The number of carbonyl (C=O) groups is 1. The summed E-state index contributed by atoms with van der Waals surface area (Å²) < 4.78 is 5.59. The Morgan fingerprint density at radius 1 is 1.04 bits per heavy atom. The Morgan fingerprint density at radius 3 is 2.43 bits per heavy atom. The number of rotatable bonds is 6. The van der Waals surface area contributed by atoms with Crippen LogP contribution in [0.5, 0.6) is 5.75 Å². The molecule has 6 nitrogen and oxygen atoms in total. The van der Waals surface area contributed by atoms with Gasteiger partial charge in [0.2, 0.25) is 0 Å². The Hall–Kier alpha value is -3.67. The second kappa shape index (κ2) is 8.35. The summed E-state index contributed by atoms with van der Waals surface area (Å²) >= 11 is 0. The van der Waals surface area contributed by atoms with Crippen molar-refractivity contribution >= 4 is 17.3 Å². The third-order valence-corrected chi connectivity index (χ3v) is 4.25. The van der Waals surface area contributed by atoms with Crippen LogP contribution >= 0.6 is 0 Å². The lowest BCUT2D eigenvalue weighted by Crippen LogP contribution is -2.30. The lowest BCUT2D eigenvalue weighted by Gasteiger charge is -2.17. The third kappa shape index (κ3) is 4.35. The van der Waals surface area contributed by atoms with Gasteiger partial charge in [-0.15, -0.1) is 0 Å². The number of amides is 1. The highest BCUT2D eigenvalue weighted by molar-refractivity contribution is 5.98. The van der Waals surface area contributed by atoms with Gasteiger partial charge < -0.3 is 10.1 Å². The fraction of sp³-hybridized carbons (Fsp3) is 0.136. The van der Waals surface area contributed by atoms with Crippen LogP contribution in [-0.2, 0) is 4.79 Å². The minimum atomic E-state index is -0.912. The third-order valence-electron chi connectivity index (χ3n) is 4.25. The van der Waals surface area contributed by atoms with Crippen LogP contribution in [0.15, 0.2) is 72.8 Å². The van der Waals surface area contributed by atoms with E-state index in [1.54, 1.807) is 26.0 Å². The van der Waals surface area contributed by atoms with Crippen LogP contribution in [0.1, 0.15) is 12.5 Å². The number of para-hydroxylation sites is 1. The number of aryl methyl sites for hydroxylation is 1. The molecule has 1 N–H and O–H groups in total. The average molecular weight is 376 g/mol. The van der Waals surface area contributed by atoms with Crippen LogP contribution in [0.3, 0.4) is 0 Å². The van der Waals surface area contributed by atoms with Crippen molar-refractivity contribution in [2.24, 2.45) is 0 Å². The van der Waals surface area contributed by atoms with Crippen molar-refractivity contribution < 1.29 is 14.5 Å². The lowest BCUT2D eigenvalue weighted by atomic mass is 10.0. The molecule has 3 aromatic carbocycles. The van der Waals surface area contributed by atoms with Gasteiger partial charge in [0.05, 0.1) is 4.92 Å². The summed E-state index contributed by atoms with van der Waals surface area (Å²) in [6.45, 7) is 3.32. The molecule has 0 radical (unpaired) electrons. The van der Waals surface area contributed by atoms with Crippen LogP contribution in [0.25, 0.3) is 11.1 Å². The zero-order valence-corrected chi connectivity index (χ0v) is 15.6. The zero-order valence-electron chi connectivity index (χ0n) is 15.6. The van der Waals surface area contributed by atoms with Crippen molar-refractivity contribution in [2.75, 3.05) is 5.32 Å². The fourth-order valence-electron chi connectivity index (χ4n) is 2.81. The zero-order chi connectivity index (χ0) is 20.1. The van der Waals surface area contributed by atoms with Gasteiger partial charge >= 0.3 is 5.69 Å². The maximum absolute atomic E-state index is 12.6. The molecule has 6 heteroatoms. The minimum Gasteiger partial charge on any atom is -0.474 e. The van der Waals surface area contributed by atoms with Crippen molar-refractivity contribution in [3.8, 4) is 16.9 Å². The number of nitrogens with zero attached hydrogens (tertiary/aromatic N) is 1. The van der Waals surface area contributed by atoms with E-state index in [1.807, 2.05) is 48.5 Å². The van der Waals surface area contributed by atoms with Gasteiger partial charge in [-0.1, -0.05) is 54.6 Å². The van der Waals surface area contributed by atoms with Gasteiger partial charge in [-0.25, -0.2) is 0 Å². The van der Waals surface area contributed by atoms with Crippen molar-refractivity contribution in [1.82, 2.24) is 0 Å². The largest absolute Gasteiger partial charge is 0.474 e.